The van der Waals surface area contributed by atoms with Crippen LogP contribution in [0.2, 0.25) is 0 Å². The average Bonchev–Trinajstić information content (AvgIpc) is 2.61. The van der Waals surface area contributed by atoms with Gasteiger partial charge in [0, 0.05) is 30.4 Å². The number of nitrogens with zero attached hydrogens (tertiary/aromatic N) is 1. The van der Waals surface area contributed by atoms with E-state index >= 15 is 0 Å². The van der Waals surface area contributed by atoms with Crippen LogP contribution in [0.5, 0.6) is 0 Å². The highest BCUT2D eigenvalue weighted by Gasteiger charge is 2.21. The summed E-state index contributed by atoms with van der Waals surface area (Å²) in [5.74, 6) is 0.474. The summed E-state index contributed by atoms with van der Waals surface area (Å²) in [6, 6.07) is 0. The first-order chi connectivity index (χ1) is 7.31. The van der Waals surface area contributed by atoms with Crippen LogP contribution in [0.1, 0.15) is 34.3 Å². The van der Waals surface area contributed by atoms with E-state index in [0.717, 1.165) is 24.6 Å². The monoisotopic (exact) mass is 227 g/mol. The van der Waals surface area contributed by atoms with Gasteiger partial charge >= 0.3 is 0 Å². The van der Waals surface area contributed by atoms with E-state index in [4.69, 9.17) is 9.84 Å². The third-order valence-corrected chi connectivity index (χ3v) is 3.80. The van der Waals surface area contributed by atoms with Crippen molar-refractivity contribution in [3.63, 3.8) is 0 Å². The van der Waals surface area contributed by atoms with Gasteiger partial charge in [0.15, 0.2) is 0 Å². The Labute approximate surface area is 94.1 Å². The van der Waals surface area contributed by atoms with Crippen molar-refractivity contribution in [1.29, 1.82) is 0 Å². The molecule has 15 heavy (non-hydrogen) atoms. The van der Waals surface area contributed by atoms with Gasteiger partial charge in [-0.15, -0.1) is 11.3 Å². The lowest BCUT2D eigenvalue weighted by Gasteiger charge is -2.20. The predicted octanol–water partition coefficient (Wildman–Crippen LogP) is 1.88. The third kappa shape index (κ3) is 2.56. The number of thiazole rings is 1. The van der Waals surface area contributed by atoms with Gasteiger partial charge in [0.25, 0.3) is 0 Å². The zero-order valence-corrected chi connectivity index (χ0v) is 9.85. The van der Waals surface area contributed by atoms with Gasteiger partial charge < -0.3 is 9.84 Å². The summed E-state index contributed by atoms with van der Waals surface area (Å²) in [6.07, 6.45) is 3.00. The Morgan fingerprint density at radius 1 is 1.60 bits per heavy atom. The zero-order valence-electron chi connectivity index (χ0n) is 9.03. The van der Waals surface area contributed by atoms with E-state index in [2.05, 4.69) is 11.9 Å². The first kappa shape index (κ1) is 11.0. The van der Waals surface area contributed by atoms with Crippen molar-refractivity contribution in [3.05, 3.63) is 15.6 Å². The van der Waals surface area contributed by atoms with Crippen LogP contribution in [0.4, 0.5) is 0 Å². The standard InChI is InChI=1S/C11H17NO2S/c1-8-11(9-3-2-6-14-7-9)12-10(15-8)4-5-13/h9,13H,2-7H2,1H3. The minimum Gasteiger partial charge on any atom is -0.396 e. The number of hydrogen-bond donors (Lipinski definition) is 1. The third-order valence-electron chi connectivity index (χ3n) is 2.75. The van der Waals surface area contributed by atoms with Gasteiger partial charge in [0.05, 0.1) is 17.3 Å². The fourth-order valence-corrected chi connectivity index (χ4v) is 3.01. The molecule has 0 radical (unpaired) electrons. The molecular formula is C11H17NO2S. The number of aromatic nitrogens is 1. The second-order valence-electron chi connectivity index (χ2n) is 3.94. The van der Waals surface area contributed by atoms with Crippen LogP contribution in [0.3, 0.4) is 0 Å². The summed E-state index contributed by atoms with van der Waals surface area (Å²) in [5.41, 5.74) is 1.20. The average molecular weight is 227 g/mol. The van der Waals surface area contributed by atoms with Crippen LogP contribution in [0.15, 0.2) is 0 Å². The minimum atomic E-state index is 0.188. The van der Waals surface area contributed by atoms with E-state index < -0.39 is 0 Å². The van der Waals surface area contributed by atoms with Crippen LogP contribution >= 0.6 is 11.3 Å². The maximum atomic E-state index is 8.87. The molecule has 3 nitrogen and oxygen atoms in total. The second kappa shape index (κ2) is 5.05. The molecule has 2 rings (SSSR count). The van der Waals surface area contributed by atoms with Gasteiger partial charge in [-0.25, -0.2) is 4.98 Å². The molecule has 1 atom stereocenters. The van der Waals surface area contributed by atoms with Gasteiger partial charge in [0.2, 0.25) is 0 Å². The molecule has 0 aromatic carbocycles. The molecule has 84 valence electrons. The molecule has 1 N–H and O–H groups in total. The van der Waals surface area contributed by atoms with Crippen molar-refractivity contribution < 1.29 is 9.84 Å². The van der Waals surface area contributed by atoms with Gasteiger partial charge in [-0.2, -0.15) is 0 Å². The van der Waals surface area contributed by atoms with E-state index in [1.807, 2.05) is 0 Å². The summed E-state index contributed by atoms with van der Waals surface area (Å²) in [4.78, 5) is 5.89. The second-order valence-corrected chi connectivity index (χ2v) is 5.22. The van der Waals surface area contributed by atoms with Crippen LogP contribution in [0, 0.1) is 6.92 Å². The molecule has 1 aliphatic rings. The Hall–Kier alpha value is -0.450. The minimum absolute atomic E-state index is 0.188. The summed E-state index contributed by atoms with van der Waals surface area (Å²) in [6.45, 7) is 4.00. The summed E-state index contributed by atoms with van der Waals surface area (Å²) < 4.78 is 5.48. The quantitative estimate of drug-likeness (QED) is 0.857. The highest BCUT2D eigenvalue weighted by molar-refractivity contribution is 7.11. The number of aryl methyl sites for hydroxylation is 1. The van der Waals surface area contributed by atoms with E-state index in [1.165, 1.54) is 17.0 Å². The highest BCUT2D eigenvalue weighted by Crippen LogP contribution is 2.30. The van der Waals surface area contributed by atoms with E-state index in [9.17, 15) is 0 Å². The lowest BCUT2D eigenvalue weighted by Crippen LogP contribution is -2.16. The molecule has 1 aliphatic heterocycles. The Bertz CT molecular complexity index is 318. The number of ether oxygens (including phenoxy) is 1. The van der Waals surface area contributed by atoms with Crippen molar-refractivity contribution in [2.24, 2.45) is 0 Å². The van der Waals surface area contributed by atoms with Crippen LogP contribution < -0.4 is 0 Å². The zero-order chi connectivity index (χ0) is 10.7. The van der Waals surface area contributed by atoms with Gasteiger partial charge in [-0.1, -0.05) is 0 Å². The van der Waals surface area contributed by atoms with Crippen LogP contribution in [-0.2, 0) is 11.2 Å². The van der Waals surface area contributed by atoms with Crippen molar-refractivity contribution in [1.82, 2.24) is 4.98 Å². The number of aliphatic hydroxyl groups is 1. The number of hydrogen-bond acceptors (Lipinski definition) is 4. The largest absolute Gasteiger partial charge is 0.396 e. The predicted molar refractivity (Wildman–Crippen MR) is 60.4 cm³/mol. The fourth-order valence-electron chi connectivity index (χ4n) is 2.00. The summed E-state index contributed by atoms with van der Waals surface area (Å²) in [5, 5.41) is 9.92. The van der Waals surface area contributed by atoms with Crippen molar-refractivity contribution >= 4 is 11.3 Å². The lowest BCUT2D eigenvalue weighted by atomic mass is 9.98. The first-order valence-corrected chi connectivity index (χ1v) is 6.27. The number of rotatable bonds is 3. The molecule has 1 saturated heterocycles. The van der Waals surface area contributed by atoms with Crippen molar-refractivity contribution in [2.75, 3.05) is 19.8 Å². The fraction of sp³-hybridized carbons (Fsp3) is 0.727. The Morgan fingerprint density at radius 3 is 3.13 bits per heavy atom. The topological polar surface area (TPSA) is 42.4 Å². The van der Waals surface area contributed by atoms with Gasteiger partial charge in [0.1, 0.15) is 0 Å². The van der Waals surface area contributed by atoms with Crippen LogP contribution in [-0.4, -0.2) is 29.9 Å². The molecule has 0 bridgehead atoms. The molecule has 1 aromatic heterocycles. The van der Waals surface area contributed by atoms with Gasteiger partial charge in [-0.05, 0) is 19.8 Å². The molecule has 0 spiro atoms. The summed E-state index contributed by atoms with van der Waals surface area (Å²) >= 11 is 1.71. The molecule has 0 saturated carbocycles. The normalized spacial score (nSPS) is 21.9. The highest BCUT2D eigenvalue weighted by atomic mass is 32.1. The van der Waals surface area contributed by atoms with Gasteiger partial charge in [-0.3, -0.25) is 0 Å². The molecule has 0 aliphatic carbocycles. The lowest BCUT2D eigenvalue weighted by molar-refractivity contribution is 0.0792. The van der Waals surface area contributed by atoms with Crippen molar-refractivity contribution in [2.45, 2.75) is 32.1 Å². The maximum absolute atomic E-state index is 8.87. The Kier molecular flexibility index (Phi) is 3.72. The molecule has 1 aromatic rings. The molecule has 0 amide bonds. The van der Waals surface area contributed by atoms with Crippen molar-refractivity contribution in [3.8, 4) is 0 Å². The SMILES string of the molecule is Cc1sc(CCO)nc1C1CCCOC1. The number of aliphatic hydroxyl groups excluding tert-OH is 1. The smallest absolute Gasteiger partial charge is 0.0954 e. The van der Waals surface area contributed by atoms with E-state index in [-0.39, 0.29) is 6.61 Å². The van der Waals surface area contributed by atoms with E-state index in [1.54, 1.807) is 11.3 Å². The molecule has 1 fully saturated rings. The molecule has 1 unspecified atom stereocenters. The maximum Gasteiger partial charge on any atom is 0.0954 e. The van der Waals surface area contributed by atoms with Crippen LogP contribution in [0.25, 0.3) is 0 Å². The first-order valence-electron chi connectivity index (χ1n) is 5.46. The molecule has 4 heteroatoms. The van der Waals surface area contributed by atoms with E-state index in [0.29, 0.717) is 12.3 Å². The molecular weight excluding hydrogens is 210 g/mol. The summed E-state index contributed by atoms with van der Waals surface area (Å²) in [7, 11) is 0. The molecule has 2 heterocycles. The Morgan fingerprint density at radius 2 is 2.47 bits per heavy atom. The Balaban J connectivity index is 2.11.